The molecular formula is C13H13N3O3. The molecule has 6 heteroatoms. The van der Waals surface area contributed by atoms with Gasteiger partial charge in [0.05, 0.1) is 19.9 Å². The predicted octanol–water partition coefficient (Wildman–Crippen LogP) is 1.75. The standard InChI is InChI=1S/C13H13N3O3/c1-18-11-6-4-3-5-9(11)14-13(17)10-7-8-12(19-2)16-15-10/h3-8H,1-2H3,(H,14,17). The van der Waals surface area contributed by atoms with E-state index >= 15 is 0 Å². The molecule has 0 atom stereocenters. The molecule has 0 aliphatic carbocycles. The number of methoxy groups -OCH3 is 2. The molecule has 1 aromatic carbocycles. The first kappa shape index (κ1) is 12.8. The SMILES string of the molecule is COc1ccc(C(=O)Nc2ccccc2OC)nn1. The van der Waals surface area contributed by atoms with Crippen LogP contribution in [0.15, 0.2) is 36.4 Å². The van der Waals surface area contributed by atoms with Gasteiger partial charge in [-0.1, -0.05) is 12.1 Å². The Hall–Kier alpha value is -2.63. The summed E-state index contributed by atoms with van der Waals surface area (Å²) in [5, 5.41) is 10.2. The number of carbonyl (C=O) groups is 1. The van der Waals surface area contributed by atoms with E-state index in [2.05, 4.69) is 15.5 Å². The molecule has 0 spiro atoms. The van der Waals surface area contributed by atoms with Crippen LogP contribution in [-0.4, -0.2) is 30.3 Å². The van der Waals surface area contributed by atoms with Gasteiger partial charge in [0.1, 0.15) is 5.75 Å². The van der Waals surface area contributed by atoms with Crippen LogP contribution in [0.5, 0.6) is 11.6 Å². The quantitative estimate of drug-likeness (QED) is 0.905. The molecule has 2 aromatic rings. The molecule has 2 rings (SSSR count). The summed E-state index contributed by atoms with van der Waals surface area (Å²) in [6.07, 6.45) is 0. The Labute approximate surface area is 110 Å². The van der Waals surface area contributed by atoms with Gasteiger partial charge in [0, 0.05) is 6.07 Å². The number of anilines is 1. The number of nitrogens with zero attached hydrogens (tertiary/aromatic N) is 2. The Balaban J connectivity index is 2.16. The van der Waals surface area contributed by atoms with Gasteiger partial charge < -0.3 is 14.8 Å². The van der Waals surface area contributed by atoms with Crippen molar-refractivity contribution >= 4 is 11.6 Å². The number of aromatic nitrogens is 2. The third-order valence-electron chi connectivity index (χ3n) is 2.44. The average Bonchev–Trinajstić information content (AvgIpc) is 2.48. The summed E-state index contributed by atoms with van der Waals surface area (Å²) in [6.45, 7) is 0. The van der Waals surface area contributed by atoms with E-state index in [1.54, 1.807) is 24.3 Å². The van der Waals surface area contributed by atoms with Crippen molar-refractivity contribution in [3.63, 3.8) is 0 Å². The van der Waals surface area contributed by atoms with E-state index in [0.717, 1.165) is 0 Å². The molecule has 1 N–H and O–H groups in total. The summed E-state index contributed by atoms with van der Waals surface area (Å²) in [4.78, 5) is 12.0. The Bertz CT molecular complexity index is 570. The van der Waals surface area contributed by atoms with Crippen molar-refractivity contribution in [1.82, 2.24) is 10.2 Å². The van der Waals surface area contributed by atoms with E-state index in [4.69, 9.17) is 9.47 Å². The highest BCUT2D eigenvalue weighted by molar-refractivity contribution is 6.03. The van der Waals surface area contributed by atoms with Gasteiger partial charge >= 0.3 is 0 Å². The molecule has 1 amide bonds. The fraction of sp³-hybridized carbons (Fsp3) is 0.154. The largest absolute Gasteiger partial charge is 0.495 e. The van der Waals surface area contributed by atoms with Crippen LogP contribution in [0, 0.1) is 0 Å². The summed E-state index contributed by atoms with van der Waals surface area (Å²) >= 11 is 0. The van der Waals surface area contributed by atoms with E-state index < -0.39 is 0 Å². The lowest BCUT2D eigenvalue weighted by Crippen LogP contribution is -2.14. The fourth-order valence-corrected chi connectivity index (χ4v) is 1.48. The first-order chi connectivity index (χ1) is 9.24. The van der Waals surface area contributed by atoms with Gasteiger partial charge in [-0.2, -0.15) is 0 Å². The van der Waals surface area contributed by atoms with Crippen LogP contribution in [0.3, 0.4) is 0 Å². The summed E-state index contributed by atoms with van der Waals surface area (Å²) in [5.74, 6) is 0.575. The van der Waals surface area contributed by atoms with Crippen molar-refractivity contribution in [1.29, 1.82) is 0 Å². The summed E-state index contributed by atoms with van der Waals surface area (Å²) < 4.78 is 10.0. The number of ether oxygens (including phenoxy) is 2. The summed E-state index contributed by atoms with van der Waals surface area (Å²) in [6, 6.07) is 10.2. The van der Waals surface area contributed by atoms with Crippen LogP contribution in [0.1, 0.15) is 10.5 Å². The molecule has 98 valence electrons. The Kier molecular flexibility index (Phi) is 3.92. The topological polar surface area (TPSA) is 73.3 Å². The number of hydrogen-bond acceptors (Lipinski definition) is 5. The molecule has 0 saturated carbocycles. The van der Waals surface area contributed by atoms with Crippen LogP contribution in [0.2, 0.25) is 0 Å². The van der Waals surface area contributed by atoms with Gasteiger partial charge in [0.2, 0.25) is 5.88 Å². The van der Waals surface area contributed by atoms with E-state index in [9.17, 15) is 4.79 Å². The Morgan fingerprint density at radius 3 is 2.47 bits per heavy atom. The lowest BCUT2D eigenvalue weighted by atomic mass is 10.2. The van der Waals surface area contributed by atoms with Gasteiger partial charge in [0.15, 0.2) is 5.69 Å². The second-order valence-corrected chi connectivity index (χ2v) is 3.62. The number of amides is 1. The summed E-state index contributed by atoms with van der Waals surface area (Å²) in [7, 11) is 3.02. The van der Waals surface area contributed by atoms with Gasteiger partial charge in [-0.05, 0) is 18.2 Å². The van der Waals surface area contributed by atoms with E-state index in [-0.39, 0.29) is 11.6 Å². The van der Waals surface area contributed by atoms with Gasteiger partial charge in [-0.25, -0.2) is 0 Å². The van der Waals surface area contributed by atoms with Crippen molar-refractivity contribution in [3.05, 3.63) is 42.1 Å². The smallest absolute Gasteiger partial charge is 0.276 e. The van der Waals surface area contributed by atoms with Gasteiger partial charge in [0.25, 0.3) is 5.91 Å². The zero-order chi connectivity index (χ0) is 13.7. The first-order valence-corrected chi connectivity index (χ1v) is 5.56. The maximum Gasteiger partial charge on any atom is 0.276 e. The summed E-state index contributed by atoms with van der Waals surface area (Å²) in [5.41, 5.74) is 0.777. The molecule has 0 unspecified atom stereocenters. The minimum atomic E-state index is -0.361. The third kappa shape index (κ3) is 2.98. The monoisotopic (exact) mass is 259 g/mol. The van der Waals surface area contributed by atoms with Gasteiger partial charge in [-0.15, -0.1) is 10.2 Å². The molecule has 0 aliphatic rings. The first-order valence-electron chi connectivity index (χ1n) is 5.56. The number of rotatable bonds is 4. The fourth-order valence-electron chi connectivity index (χ4n) is 1.48. The number of carbonyl (C=O) groups excluding carboxylic acids is 1. The Morgan fingerprint density at radius 1 is 1.05 bits per heavy atom. The zero-order valence-corrected chi connectivity index (χ0v) is 10.6. The molecule has 0 saturated heterocycles. The maximum atomic E-state index is 12.0. The highest BCUT2D eigenvalue weighted by atomic mass is 16.5. The van der Waals surface area contributed by atoms with Crippen LogP contribution in [0.25, 0.3) is 0 Å². The van der Waals surface area contributed by atoms with Crippen molar-refractivity contribution in [3.8, 4) is 11.6 Å². The second kappa shape index (κ2) is 5.81. The molecule has 19 heavy (non-hydrogen) atoms. The van der Waals surface area contributed by atoms with E-state index in [1.165, 1.54) is 20.3 Å². The molecule has 6 nitrogen and oxygen atoms in total. The van der Waals surface area contributed by atoms with E-state index in [0.29, 0.717) is 17.3 Å². The lowest BCUT2D eigenvalue weighted by molar-refractivity contribution is 0.102. The van der Waals surface area contributed by atoms with Crippen LogP contribution >= 0.6 is 0 Å². The Morgan fingerprint density at radius 2 is 1.84 bits per heavy atom. The molecule has 1 aromatic heterocycles. The van der Waals surface area contributed by atoms with Crippen LogP contribution in [-0.2, 0) is 0 Å². The van der Waals surface area contributed by atoms with Crippen LogP contribution in [0.4, 0.5) is 5.69 Å². The third-order valence-corrected chi connectivity index (χ3v) is 2.44. The van der Waals surface area contributed by atoms with Crippen LogP contribution < -0.4 is 14.8 Å². The predicted molar refractivity (Wildman–Crippen MR) is 69.5 cm³/mol. The molecule has 0 aliphatic heterocycles. The van der Waals surface area contributed by atoms with Crippen molar-refractivity contribution in [2.45, 2.75) is 0 Å². The number of hydrogen-bond donors (Lipinski definition) is 1. The normalized spacial score (nSPS) is 9.79. The number of nitrogens with one attached hydrogen (secondary N) is 1. The van der Waals surface area contributed by atoms with Crippen molar-refractivity contribution in [2.75, 3.05) is 19.5 Å². The zero-order valence-electron chi connectivity index (χ0n) is 10.6. The molecule has 0 fully saturated rings. The average molecular weight is 259 g/mol. The molecule has 1 heterocycles. The molecule has 0 radical (unpaired) electrons. The maximum absolute atomic E-state index is 12.0. The minimum absolute atomic E-state index is 0.201. The molecule has 0 bridgehead atoms. The van der Waals surface area contributed by atoms with Gasteiger partial charge in [-0.3, -0.25) is 4.79 Å². The number of para-hydroxylation sites is 2. The highest BCUT2D eigenvalue weighted by Crippen LogP contribution is 2.23. The number of benzene rings is 1. The van der Waals surface area contributed by atoms with E-state index in [1.807, 2.05) is 6.07 Å². The van der Waals surface area contributed by atoms with Crippen molar-refractivity contribution in [2.24, 2.45) is 0 Å². The second-order valence-electron chi connectivity index (χ2n) is 3.62. The lowest BCUT2D eigenvalue weighted by Gasteiger charge is -2.09. The minimum Gasteiger partial charge on any atom is -0.495 e. The highest BCUT2D eigenvalue weighted by Gasteiger charge is 2.11. The molecular weight excluding hydrogens is 246 g/mol. The van der Waals surface area contributed by atoms with Crippen molar-refractivity contribution < 1.29 is 14.3 Å².